The van der Waals surface area contributed by atoms with Crippen LogP contribution in [-0.2, 0) is 6.61 Å². The van der Waals surface area contributed by atoms with Gasteiger partial charge in [-0.2, -0.15) is 0 Å². The number of hydrogen-bond donors (Lipinski definition) is 1. The SMILES string of the molecule is CC(c1ccccc1)n1nnc(CO)c1/C=C/c1ccccc1. The largest absolute Gasteiger partial charge is 0.390 e. The molecule has 0 aliphatic heterocycles. The number of aromatic nitrogens is 3. The fraction of sp³-hybridized carbons (Fsp3) is 0.158. The van der Waals surface area contributed by atoms with Crippen molar-refractivity contribution >= 4 is 12.2 Å². The minimum atomic E-state index is -0.129. The molecule has 0 saturated heterocycles. The van der Waals surface area contributed by atoms with E-state index in [-0.39, 0.29) is 12.6 Å². The van der Waals surface area contributed by atoms with Crippen LogP contribution in [0.2, 0.25) is 0 Å². The third kappa shape index (κ3) is 3.38. The van der Waals surface area contributed by atoms with Gasteiger partial charge in [0.15, 0.2) is 0 Å². The summed E-state index contributed by atoms with van der Waals surface area (Å²) < 4.78 is 1.85. The normalized spacial score (nSPS) is 12.6. The first-order chi connectivity index (χ1) is 11.3. The van der Waals surface area contributed by atoms with Crippen LogP contribution in [0.25, 0.3) is 12.2 Å². The van der Waals surface area contributed by atoms with Gasteiger partial charge in [0.2, 0.25) is 0 Å². The van der Waals surface area contributed by atoms with Gasteiger partial charge in [0.1, 0.15) is 5.69 Å². The van der Waals surface area contributed by atoms with Crippen molar-refractivity contribution in [1.29, 1.82) is 0 Å². The zero-order valence-corrected chi connectivity index (χ0v) is 13.0. The third-order valence-corrected chi connectivity index (χ3v) is 3.84. The predicted octanol–water partition coefficient (Wildman–Crippen LogP) is 3.55. The van der Waals surface area contributed by atoms with Crippen LogP contribution in [0.1, 0.15) is 35.5 Å². The Bertz CT molecular complexity index is 779. The van der Waals surface area contributed by atoms with Crippen LogP contribution >= 0.6 is 0 Å². The van der Waals surface area contributed by atoms with Crippen molar-refractivity contribution in [3.63, 3.8) is 0 Å². The summed E-state index contributed by atoms with van der Waals surface area (Å²) >= 11 is 0. The Labute approximate surface area is 135 Å². The molecule has 0 aliphatic rings. The van der Waals surface area contributed by atoms with Gasteiger partial charge in [-0.15, -0.1) is 5.10 Å². The number of aliphatic hydroxyl groups is 1. The summed E-state index contributed by atoms with van der Waals surface area (Å²) in [4.78, 5) is 0. The summed E-state index contributed by atoms with van der Waals surface area (Å²) in [6.45, 7) is 1.95. The van der Waals surface area contributed by atoms with Crippen LogP contribution in [0.4, 0.5) is 0 Å². The average molecular weight is 305 g/mol. The van der Waals surface area contributed by atoms with Gasteiger partial charge in [-0.1, -0.05) is 72.0 Å². The Morgan fingerprint density at radius 3 is 2.30 bits per heavy atom. The second kappa shape index (κ2) is 7.03. The van der Waals surface area contributed by atoms with Crippen molar-refractivity contribution in [3.05, 3.63) is 83.2 Å². The molecule has 1 unspecified atom stereocenters. The Morgan fingerprint density at radius 2 is 1.65 bits per heavy atom. The van der Waals surface area contributed by atoms with E-state index < -0.39 is 0 Å². The lowest BCUT2D eigenvalue weighted by Crippen LogP contribution is -2.10. The van der Waals surface area contributed by atoms with Gasteiger partial charge < -0.3 is 5.11 Å². The lowest BCUT2D eigenvalue weighted by Gasteiger charge is -2.14. The van der Waals surface area contributed by atoms with Gasteiger partial charge in [-0.3, -0.25) is 0 Å². The molecule has 116 valence electrons. The van der Waals surface area contributed by atoms with Crippen LogP contribution in [-0.4, -0.2) is 20.1 Å². The number of hydrogen-bond acceptors (Lipinski definition) is 3. The molecule has 4 heteroatoms. The molecule has 3 rings (SSSR count). The highest BCUT2D eigenvalue weighted by molar-refractivity contribution is 5.69. The summed E-state index contributed by atoms with van der Waals surface area (Å²) in [5.74, 6) is 0. The van der Waals surface area contributed by atoms with Crippen molar-refractivity contribution in [1.82, 2.24) is 15.0 Å². The van der Waals surface area contributed by atoms with Crippen molar-refractivity contribution < 1.29 is 5.11 Å². The summed E-state index contributed by atoms with van der Waals surface area (Å²) in [5, 5.41) is 17.9. The van der Waals surface area contributed by atoms with E-state index in [0.717, 1.165) is 16.8 Å². The second-order valence-corrected chi connectivity index (χ2v) is 5.35. The molecule has 1 N–H and O–H groups in total. The Hall–Kier alpha value is -2.72. The number of aliphatic hydroxyl groups excluding tert-OH is 1. The van der Waals surface area contributed by atoms with E-state index in [2.05, 4.69) is 29.4 Å². The molecule has 23 heavy (non-hydrogen) atoms. The smallest absolute Gasteiger partial charge is 0.115 e. The molecule has 0 spiro atoms. The summed E-state index contributed by atoms with van der Waals surface area (Å²) in [6.07, 6.45) is 3.96. The highest BCUT2D eigenvalue weighted by Gasteiger charge is 2.16. The van der Waals surface area contributed by atoms with E-state index in [1.807, 2.05) is 65.4 Å². The third-order valence-electron chi connectivity index (χ3n) is 3.84. The quantitative estimate of drug-likeness (QED) is 0.784. The van der Waals surface area contributed by atoms with Crippen LogP contribution in [0.5, 0.6) is 0 Å². The van der Waals surface area contributed by atoms with Crippen molar-refractivity contribution in [3.8, 4) is 0 Å². The maximum absolute atomic E-state index is 9.53. The number of rotatable bonds is 5. The van der Waals surface area contributed by atoms with Crippen LogP contribution in [0, 0.1) is 0 Å². The monoisotopic (exact) mass is 305 g/mol. The topological polar surface area (TPSA) is 50.9 Å². The first-order valence-electron chi connectivity index (χ1n) is 7.62. The lowest BCUT2D eigenvalue weighted by molar-refractivity contribution is 0.276. The van der Waals surface area contributed by atoms with Crippen LogP contribution in [0.15, 0.2) is 60.7 Å². The van der Waals surface area contributed by atoms with Crippen LogP contribution < -0.4 is 0 Å². The summed E-state index contributed by atoms with van der Waals surface area (Å²) in [7, 11) is 0. The first-order valence-corrected chi connectivity index (χ1v) is 7.62. The molecule has 0 aliphatic carbocycles. The van der Waals surface area contributed by atoms with Gasteiger partial charge >= 0.3 is 0 Å². The molecule has 0 radical (unpaired) electrons. The zero-order chi connectivity index (χ0) is 16.1. The summed E-state index contributed by atoms with van der Waals surface area (Å²) in [5.41, 5.74) is 3.65. The van der Waals surface area contributed by atoms with Gasteiger partial charge in [0.05, 0.1) is 18.3 Å². The van der Waals surface area contributed by atoms with Gasteiger partial charge in [-0.05, 0) is 24.1 Å². The molecule has 2 aromatic carbocycles. The fourth-order valence-electron chi connectivity index (χ4n) is 2.52. The zero-order valence-electron chi connectivity index (χ0n) is 13.0. The highest BCUT2D eigenvalue weighted by atomic mass is 16.3. The Kier molecular flexibility index (Phi) is 4.64. The van der Waals surface area contributed by atoms with Crippen molar-refractivity contribution in [2.75, 3.05) is 0 Å². The van der Waals surface area contributed by atoms with E-state index in [1.165, 1.54) is 0 Å². The molecular weight excluding hydrogens is 286 g/mol. The van der Waals surface area contributed by atoms with Crippen molar-refractivity contribution in [2.45, 2.75) is 19.6 Å². The average Bonchev–Trinajstić information content (AvgIpc) is 3.04. The Morgan fingerprint density at radius 1 is 1.00 bits per heavy atom. The predicted molar refractivity (Wildman–Crippen MR) is 91.6 cm³/mol. The van der Waals surface area contributed by atoms with Gasteiger partial charge in [0, 0.05) is 0 Å². The Balaban J connectivity index is 1.96. The molecule has 1 heterocycles. The molecule has 0 amide bonds. The van der Waals surface area contributed by atoms with Gasteiger partial charge in [-0.25, -0.2) is 4.68 Å². The lowest BCUT2D eigenvalue weighted by atomic mass is 10.1. The minimum absolute atomic E-state index is 0.0411. The highest BCUT2D eigenvalue weighted by Crippen LogP contribution is 2.21. The molecular formula is C19H19N3O. The second-order valence-electron chi connectivity index (χ2n) is 5.35. The number of nitrogens with zero attached hydrogens (tertiary/aromatic N) is 3. The van der Waals surface area contributed by atoms with Crippen LogP contribution in [0.3, 0.4) is 0 Å². The fourth-order valence-corrected chi connectivity index (χ4v) is 2.52. The molecule has 3 aromatic rings. The molecule has 0 saturated carbocycles. The summed E-state index contributed by atoms with van der Waals surface area (Å²) in [6, 6.07) is 20.2. The molecule has 1 aromatic heterocycles. The van der Waals surface area contributed by atoms with Crippen molar-refractivity contribution in [2.24, 2.45) is 0 Å². The maximum Gasteiger partial charge on any atom is 0.115 e. The molecule has 0 bridgehead atoms. The number of benzene rings is 2. The van der Waals surface area contributed by atoms with E-state index >= 15 is 0 Å². The van der Waals surface area contributed by atoms with E-state index in [4.69, 9.17) is 0 Å². The first kappa shape index (κ1) is 15.2. The van der Waals surface area contributed by atoms with Gasteiger partial charge in [0.25, 0.3) is 0 Å². The molecule has 0 fully saturated rings. The molecule has 4 nitrogen and oxygen atoms in total. The van der Waals surface area contributed by atoms with E-state index in [9.17, 15) is 5.11 Å². The standard InChI is InChI=1S/C19H19N3O/c1-15(17-10-6-3-7-11-17)22-19(18(14-23)20-21-22)13-12-16-8-4-2-5-9-16/h2-13,15,23H,14H2,1H3/b13-12+. The molecule has 1 atom stereocenters. The maximum atomic E-state index is 9.53. The van der Waals surface area contributed by atoms with E-state index in [1.54, 1.807) is 0 Å². The minimum Gasteiger partial charge on any atom is -0.390 e. The van der Waals surface area contributed by atoms with E-state index in [0.29, 0.717) is 5.69 Å².